The predicted molar refractivity (Wildman–Crippen MR) is 257 cm³/mol. The van der Waals surface area contributed by atoms with Crippen molar-refractivity contribution in [3.05, 3.63) is 162 Å². The second-order valence-electron chi connectivity index (χ2n) is 18.4. The van der Waals surface area contributed by atoms with Crippen molar-refractivity contribution in [2.45, 2.75) is 45.4 Å². The number of nitrogens with zero attached hydrogens (tertiary/aromatic N) is 1. The van der Waals surface area contributed by atoms with E-state index in [0.717, 1.165) is 38.8 Å². The summed E-state index contributed by atoms with van der Waals surface area (Å²) >= 11 is 1.86. The van der Waals surface area contributed by atoms with Gasteiger partial charge in [0.25, 0.3) is 0 Å². The van der Waals surface area contributed by atoms with Gasteiger partial charge in [0.2, 0.25) is 0 Å². The molecule has 0 saturated carbocycles. The van der Waals surface area contributed by atoms with E-state index in [-0.39, 0.29) is 10.8 Å². The molecule has 11 aromatic rings. The quantitative estimate of drug-likeness (QED) is 0.181. The summed E-state index contributed by atoms with van der Waals surface area (Å²) in [6, 6.07) is 54.3. The van der Waals surface area contributed by atoms with Gasteiger partial charge < -0.3 is 14.3 Å². The minimum absolute atomic E-state index is 0.0789. The molecule has 0 amide bonds. The number of aromatic nitrogens is 1. The highest BCUT2D eigenvalue weighted by molar-refractivity contribution is 7.25. The zero-order chi connectivity index (χ0) is 40.2. The lowest BCUT2D eigenvalue weighted by Crippen LogP contribution is -2.37. The normalized spacial score (nSPS) is 14.0. The summed E-state index contributed by atoms with van der Waals surface area (Å²) in [4.78, 5) is 0. The molecular formula is C55H40BN2OS. The maximum absolute atomic E-state index is 6.54. The van der Waals surface area contributed by atoms with Gasteiger partial charge in [0.15, 0.2) is 7.28 Å². The third kappa shape index (κ3) is 4.67. The van der Waals surface area contributed by atoms with E-state index in [1.54, 1.807) is 0 Å². The Morgan fingerprint density at radius 2 is 1.37 bits per heavy atom. The first-order valence-corrected chi connectivity index (χ1v) is 21.8. The van der Waals surface area contributed by atoms with Crippen LogP contribution in [0.5, 0.6) is 0 Å². The summed E-state index contributed by atoms with van der Waals surface area (Å²) in [6.45, 7) is 11.6. The van der Waals surface area contributed by atoms with Gasteiger partial charge in [-0.3, -0.25) is 0 Å². The molecule has 5 heteroatoms. The van der Waals surface area contributed by atoms with E-state index < -0.39 is 0 Å². The maximum Gasteiger partial charge on any atom is 0.198 e. The number of para-hydroxylation sites is 1. The Bertz CT molecular complexity index is 3670. The first-order valence-electron chi connectivity index (χ1n) is 21.0. The van der Waals surface area contributed by atoms with E-state index in [0.29, 0.717) is 0 Å². The van der Waals surface area contributed by atoms with Crippen LogP contribution in [-0.2, 0) is 10.8 Å². The molecule has 2 aliphatic rings. The minimum Gasteiger partial charge on any atom is -0.456 e. The standard InChI is InChI=1S/C55H40BN2OS/c1-54(2,3)30-18-20-31(21-19-30)57-45-29-51-41(34-14-8-11-17-50(34)60-51)24-38(45)35-22-23-36-39-25-43-37(32-12-6-9-15-42(32)55(43,4)5)26-46(39)58-47-27-40-33-13-7-10-16-48(33)59-49(40)28-44(47)56-52(35)53(36)58/h6-29,57H,1-5H3. The van der Waals surface area contributed by atoms with Crippen LogP contribution in [0, 0.1) is 0 Å². The largest absolute Gasteiger partial charge is 0.456 e. The average molecular weight is 788 g/mol. The van der Waals surface area contributed by atoms with Crippen molar-refractivity contribution in [3.8, 4) is 27.9 Å². The van der Waals surface area contributed by atoms with Gasteiger partial charge in [-0.2, -0.15) is 0 Å². The van der Waals surface area contributed by atoms with E-state index >= 15 is 0 Å². The van der Waals surface area contributed by atoms with Gasteiger partial charge in [-0.25, -0.2) is 0 Å². The van der Waals surface area contributed by atoms with E-state index in [1.165, 1.54) is 92.1 Å². The van der Waals surface area contributed by atoms with Crippen LogP contribution in [0.25, 0.3) is 91.9 Å². The topological polar surface area (TPSA) is 30.1 Å². The Labute approximate surface area is 353 Å². The molecule has 1 aliphatic carbocycles. The van der Waals surface area contributed by atoms with Crippen LogP contribution in [0.1, 0.15) is 51.3 Å². The molecule has 0 fully saturated rings. The van der Waals surface area contributed by atoms with E-state index in [4.69, 9.17) is 4.42 Å². The number of furan rings is 1. The smallest absolute Gasteiger partial charge is 0.198 e. The first kappa shape index (κ1) is 34.3. The molecule has 13 rings (SSSR count). The van der Waals surface area contributed by atoms with Gasteiger partial charge in [-0.1, -0.05) is 125 Å². The fourth-order valence-electron chi connectivity index (χ4n) is 10.5. The van der Waals surface area contributed by atoms with Crippen LogP contribution in [0.3, 0.4) is 0 Å². The molecule has 0 unspecified atom stereocenters. The van der Waals surface area contributed by atoms with Crippen molar-refractivity contribution in [2.75, 3.05) is 5.32 Å². The monoisotopic (exact) mass is 787 g/mol. The average Bonchev–Trinajstić information content (AvgIpc) is 3.96. The Morgan fingerprint density at radius 1 is 0.583 bits per heavy atom. The highest BCUT2D eigenvalue weighted by Crippen LogP contribution is 2.51. The fourth-order valence-corrected chi connectivity index (χ4v) is 11.6. The predicted octanol–water partition coefficient (Wildman–Crippen LogP) is 14.0. The third-order valence-electron chi connectivity index (χ3n) is 13.6. The number of thiophene rings is 1. The van der Waals surface area contributed by atoms with Crippen LogP contribution in [-0.4, -0.2) is 11.8 Å². The summed E-state index contributed by atoms with van der Waals surface area (Å²) in [5.74, 6) is 0. The molecular weight excluding hydrogens is 747 g/mol. The molecule has 1 N–H and O–H groups in total. The lowest BCUT2D eigenvalue weighted by atomic mass is 9.59. The third-order valence-corrected chi connectivity index (χ3v) is 14.7. The minimum atomic E-state index is -0.103. The van der Waals surface area contributed by atoms with Crippen LogP contribution in [0.2, 0.25) is 0 Å². The SMILES string of the molecule is CC(C)(C)c1ccc(Nc2cc3sc4ccccc4c3cc2-c2ccc3c4cc5c(cc4n4c3c2[B]c2cc3oc6ccccc6c3cc2-4)-c2ccccc2C5(C)C)cc1. The van der Waals surface area contributed by atoms with Crippen molar-refractivity contribution in [1.29, 1.82) is 0 Å². The Kier molecular flexibility index (Phi) is 6.75. The lowest BCUT2D eigenvalue weighted by molar-refractivity contribution is 0.590. The van der Waals surface area contributed by atoms with Gasteiger partial charge in [-0.15, -0.1) is 11.3 Å². The molecule has 1 aliphatic heterocycles. The summed E-state index contributed by atoms with van der Waals surface area (Å²) < 4.78 is 11.7. The van der Waals surface area contributed by atoms with Gasteiger partial charge in [-0.05, 0) is 105 Å². The number of nitrogens with one attached hydrogen (secondary N) is 1. The summed E-state index contributed by atoms with van der Waals surface area (Å²) in [5.41, 5.74) is 19.1. The molecule has 3 nitrogen and oxygen atoms in total. The van der Waals surface area contributed by atoms with Crippen LogP contribution < -0.4 is 16.2 Å². The number of hydrogen-bond donors (Lipinski definition) is 1. The molecule has 285 valence electrons. The van der Waals surface area contributed by atoms with E-state index in [2.05, 4.69) is 197 Å². The van der Waals surface area contributed by atoms with Gasteiger partial charge in [0.05, 0.1) is 5.52 Å². The second-order valence-corrected chi connectivity index (χ2v) is 19.5. The Balaban J connectivity index is 1.12. The van der Waals surface area contributed by atoms with Crippen LogP contribution in [0.4, 0.5) is 11.4 Å². The molecule has 0 bridgehead atoms. The highest BCUT2D eigenvalue weighted by atomic mass is 32.1. The number of fused-ring (bicyclic) bond motifs is 14. The van der Waals surface area contributed by atoms with Crippen molar-refractivity contribution in [3.63, 3.8) is 0 Å². The van der Waals surface area contributed by atoms with E-state index in [9.17, 15) is 0 Å². The van der Waals surface area contributed by atoms with Gasteiger partial charge in [0, 0.05) is 75.3 Å². The number of rotatable bonds is 3. The number of hydrogen-bond acceptors (Lipinski definition) is 3. The first-order chi connectivity index (χ1) is 29.1. The van der Waals surface area contributed by atoms with Gasteiger partial charge >= 0.3 is 0 Å². The molecule has 0 saturated heterocycles. The number of anilines is 2. The molecule has 4 heterocycles. The van der Waals surface area contributed by atoms with Crippen molar-refractivity contribution in [1.82, 2.24) is 4.57 Å². The summed E-state index contributed by atoms with van der Waals surface area (Å²) in [6.07, 6.45) is 0. The molecule has 0 atom stereocenters. The zero-order valence-corrected chi connectivity index (χ0v) is 35.0. The fraction of sp³-hybridized carbons (Fsp3) is 0.127. The van der Waals surface area contributed by atoms with Crippen molar-refractivity contribution >= 4 is 105 Å². The maximum atomic E-state index is 6.54. The summed E-state index contributed by atoms with van der Waals surface area (Å²) in [5, 5.41) is 11.3. The summed E-state index contributed by atoms with van der Waals surface area (Å²) in [7, 11) is 2.42. The molecule has 3 aromatic heterocycles. The highest BCUT2D eigenvalue weighted by Gasteiger charge is 2.37. The Morgan fingerprint density at radius 3 is 2.22 bits per heavy atom. The van der Waals surface area contributed by atoms with Crippen LogP contribution in [0.15, 0.2) is 150 Å². The molecule has 8 aromatic carbocycles. The Hall–Kier alpha value is -6.56. The zero-order valence-electron chi connectivity index (χ0n) is 34.2. The van der Waals surface area contributed by atoms with Crippen LogP contribution >= 0.6 is 11.3 Å². The van der Waals surface area contributed by atoms with Crippen molar-refractivity contribution in [2.24, 2.45) is 0 Å². The molecule has 1 radical (unpaired) electrons. The van der Waals surface area contributed by atoms with Crippen molar-refractivity contribution < 1.29 is 4.42 Å². The second kappa shape index (κ2) is 11.8. The van der Waals surface area contributed by atoms with E-state index in [1.807, 2.05) is 11.3 Å². The number of benzene rings is 8. The lowest BCUT2D eigenvalue weighted by Gasteiger charge is -2.24. The molecule has 0 spiro atoms. The van der Waals surface area contributed by atoms with Gasteiger partial charge in [0.1, 0.15) is 11.2 Å². The molecule has 60 heavy (non-hydrogen) atoms.